The predicted octanol–water partition coefficient (Wildman–Crippen LogP) is 1.48. The predicted molar refractivity (Wildman–Crippen MR) is 74.9 cm³/mol. The second-order valence-electron chi connectivity index (χ2n) is 4.70. The van der Waals surface area contributed by atoms with Crippen LogP contribution in [0.5, 0.6) is 0 Å². The summed E-state index contributed by atoms with van der Waals surface area (Å²) in [6, 6.07) is 5.67. The smallest absolute Gasteiger partial charge is 0.291 e. The number of aryl methyl sites for hydroxylation is 1. The highest BCUT2D eigenvalue weighted by Gasteiger charge is 2.17. The monoisotopic (exact) mass is 292 g/mol. The van der Waals surface area contributed by atoms with Crippen LogP contribution in [0.3, 0.4) is 0 Å². The maximum absolute atomic E-state index is 12.9. The van der Waals surface area contributed by atoms with E-state index in [1.807, 2.05) is 6.92 Å². The van der Waals surface area contributed by atoms with Crippen molar-refractivity contribution in [2.75, 3.05) is 13.7 Å². The number of carbonyl (C=O) groups excluding carboxylic acids is 1. The van der Waals surface area contributed by atoms with Gasteiger partial charge in [0, 0.05) is 13.2 Å². The lowest BCUT2D eigenvalue weighted by molar-refractivity contribution is 0.0895. The van der Waals surface area contributed by atoms with Crippen molar-refractivity contribution in [3.63, 3.8) is 0 Å². The Bertz CT molecular complexity index is 624. The molecule has 1 amide bonds. The van der Waals surface area contributed by atoms with E-state index in [-0.39, 0.29) is 23.6 Å². The zero-order valence-corrected chi connectivity index (χ0v) is 12.1. The molecular formula is C14H17FN4O2. The van der Waals surface area contributed by atoms with E-state index in [2.05, 4.69) is 15.4 Å². The van der Waals surface area contributed by atoms with Crippen LogP contribution in [-0.2, 0) is 4.74 Å². The number of hydrogen-bond acceptors (Lipinski definition) is 4. The Hall–Kier alpha value is -2.28. The number of methoxy groups -OCH3 is 1. The number of carbonyl (C=O) groups is 1. The standard InChI is InChI=1S/C14H17FN4O2/c1-9(8-21-3)16-14(20)13-17-10(2)19(18-13)12-6-4-11(15)5-7-12/h4-7,9H,8H2,1-3H3,(H,16,20)/t9-/m0/s1. The highest BCUT2D eigenvalue weighted by atomic mass is 19.1. The van der Waals surface area contributed by atoms with Gasteiger partial charge in [-0.25, -0.2) is 14.1 Å². The van der Waals surface area contributed by atoms with E-state index >= 15 is 0 Å². The van der Waals surface area contributed by atoms with Crippen LogP contribution >= 0.6 is 0 Å². The highest BCUT2D eigenvalue weighted by molar-refractivity contribution is 5.90. The first kappa shape index (κ1) is 15.1. The molecule has 6 nitrogen and oxygen atoms in total. The largest absolute Gasteiger partial charge is 0.383 e. The topological polar surface area (TPSA) is 69.0 Å². The minimum Gasteiger partial charge on any atom is -0.383 e. The molecule has 1 aromatic heterocycles. The fraction of sp³-hybridized carbons (Fsp3) is 0.357. The van der Waals surface area contributed by atoms with Gasteiger partial charge < -0.3 is 10.1 Å². The number of nitrogens with zero attached hydrogens (tertiary/aromatic N) is 3. The van der Waals surface area contributed by atoms with Gasteiger partial charge in [0.25, 0.3) is 5.91 Å². The fourth-order valence-corrected chi connectivity index (χ4v) is 1.89. The van der Waals surface area contributed by atoms with Crippen LogP contribution in [0.15, 0.2) is 24.3 Å². The second-order valence-corrected chi connectivity index (χ2v) is 4.70. The van der Waals surface area contributed by atoms with Crippen LogP contribution in [0.2, 0.25) is 0 Å². The van der Waals surface area contributed by atoms with Gasteiger partial charge in [-0.15, -0.1) is 5.10 Å². The third-order valence-electron chi connectivity index (χ3n) is 2.84. The summed E-state index contributed by atoms with van der Waals surface area (Å²) in [5.41, 5.74) is 0.644. The van der Waals surface area contributed by atoms with E-state index < -0.39 is 0 Å². The van der Waals surface area contributed by atoms with Crippen molar-refractivity contribution in [3.8, 4) is 5.69 Å². The minimum atomic E-state index is -0.372. The zero-order chi connectivity index (χ0) is 15.4. The van der Waals surface area contributed by atoms with Crippen LogP contribution in [0, 0.1) is 12.7 Å². The van der Waals surface area contributed by atoms with E-state index in [0.29, 0.717) is 18.1 Å². The van der Waals surface area contributed by atoms with Gasteiger partial charge in [0.05, 0.1) is 12.3 Å². The molecule has 0 saturated heterocycles. The normalized spacial score (nSPS) is 12.2. The molecule has 0 radical (unpaired) electrons. The van der Waals surface area contributed by atoms with Crippen molar-refractivity contribution in [1.29, 1.82) is 0 Å². The van der Waals surface area contributed by atoms with Gasteiger partial charge in [0.15, 0.2) is 0 Å². The van der Waals surface area contributed by atoms with Gasteiger partial charge in [-0.05, 0) is 38.1 Å². The SMILES string of the molecule is COC[C@H](C)NC(=O)c1nc(C)n(-c2ccc(F)cc2)n1. The van der Waals surface area contributed by atoms with E-state index in [4.69, 9.17) is 4.74 Å². The molecule has 0 unspecified atom stereocenters. The lowest BCUT2D eigenvalue weighted by Crippen LogP contribution is -2.36. The van der Waals surface area contributed by atoms with Crippen molar-refractivity contribution in [1.82, 2.24) is 20.1 Å². The Labute approximate surface area is 121 Å². The molecule has 0 aliphatic heterocycles. The second kappa shape index (κ2) is 6.45. The van der Waals surface area contributed by atoms with Crippen LogP contribution in [0.25, 0.3) is 5.69 Å². The summed E-state index contributed by atoms with van der Waals surface area (Å²) in [4.78, 5) is 16.1. The maximum atomic E-state index is 12.9. The Morgan fingerprint density at radius 3 is 2.71 bits per heavy atom. The van der Waals surface area contributed by atoms with Gasteiger partial charge in [0.2, 0.25) is 5.82 Å². The Morgan fingerprint density at radius 1 is 1.43 bits per heavy atom. The fourth-order valence-electron chi connectivity index (χ4n) is 1.89. The summed E-state index contributed by atoms with van der Waals surface area (Å²) in [5, 5.41) is 6.89. The number of aromatic nitrogens is 3. The molecule has 1 atom stereocenters. The molecule has 1 N–H and O–H groups in total. The van der Waals surface area contributed by atoms with Crippen molar-refractivity contribution >= 4 is 5.91 Å². The lowest BCUT2D eigenvalue weighted by atomic mass is 10.3. The zero-order valence-electron chi connectivity index (χ0n) is 12.1. The molecule has 0 saturated carbocycles. The number of benzene rings is 1. The first-order valence-corrected chi connectivity index (χ1v) is 6.50. The maximum Gasteiger partial charge on any atom is 0.291 e. The Balaban J connectivity index is 2.19. The molecule has 7 heteroatoms. The first-order chi connectivity index (χ1) is 10.0. The molecule has 0 aliphatic rings. The molecule has 2 aromatic rings. The van der Waals surface area contributed by atoms with E-state index in [1.54, 1.807) is 26.2 Å². The van der Waals surface area contributed by atoms with Gasteiger partial charge in [-0.3, -0.25) is 4.79 Å². The molecule has 21 heavy (non-hydrogen) atoms. The Morgan fingerprint density at radius 2 is 2.10 bits per heavy atom. The number of halogens is 1. The van der Waals surface area contributed by atoms with Gasteiger partial charge in [-0.2, -0.15) is 0 Å². The van der Waals surface area contributed by atoms with Crippen LogP contribution in [-0.4, -0.2) is 40.4 Å². The van der Waals surface area contributed by atoms with E-state index in [9.17, 15) is 9.18 Å². The van der Waals surface area contributed by atoms with Gasteiger partial charge in [0.1, 0.15) is 11.6 Å². The molecule has 0 spiro atoms. The number of rotatable bonds is 5. The van der Waals surface area contributed by atoms with Crippen molar-refractivity contribution in [2.24, 2.45) is 0 Å². The quantitative estimate of drug-likeness (QED) is 0.906. The first-order valence-electron chi connectivity index (χ1n) is 6.50. The number of nitrogens with one attached hydrogen (secondary N) is 1. The summed E-state index contributed by atoms with van der Waals surface area (Å²) in [7, 11) is 1.56. The highest BCUT2D eigenvalue weighted by Crippen LogP contribution is 2.10. The minimum absolute atomic E-state index is 0.0692. The van der Waals surface area contributed by atoms with Crippen molar-refractivity contribution in [2.45, 2.75) is 19.9 Å². The lowest BCUT2D eigenvalue weighted by Gasteiger charge is -2.10. The molecule has 0 fully saturated rings. The molecule has 1 heterocycles. The molecule has 0 aliphatic carbocycles. The van der Waals surface area contributed by atoms with Crippen LogP contribution in [0.1, 0.15) is 23.4 Å². The third-order valence-corrected chi connectivity index (χ3v) is 2.84. The van der Waals surface area contributed by atoms with Crippen molar-refractivity contribution < 1.29 is 13.9 Å². The van der Waals surface area contributed by atoms with Crippen molar-refractivity contribution in [3.05, 3.63) is 41.7 Å². The molecule has 112 valence electrons. The number of amides is 1. The molecule has 0 bridgehead atoms. The van der Waals surface area contributed by atoms with Crippen LogP contribution in [0.4, 0.5) is 4.39 Å². The van der Waals surface area contributed by atoms with Crippen LogP contribution < -0.4 is 5.32 Å². The molecule has 2 rings (SSSR count). The van der Waals surface area contributed by atoms with Gasteiger partial charge in [-0.1, -0.05) is 0 Å². The van der Waals surface area contributed by atoms with E-state index in [0.717, 1.165) is 0 Å². The molecular weight excluding hydrogens is 275 g/mol. The Kier molecular flexibility index (Phi) is 4.64. The average molecular weight is 292 g/mol. The number of ether oxygens (including phenoxy) is 1. The van der Waals surface area contributed by atoms with Gasteiger partial charge >= 0.3 is 0 Å². The summed E-state index contributed by atoms with van der Waals surface area (Å²) >= 11 is 0. The summed E-state index contributed by atoms with van der Waals surface area (Å²) in [5.74, 6) is -0.0858. The van der Waals surface area contributed by atoms with E-state index in [1.165, 1.54) is 16.8 Å². The molecule has 1 aromatic carbocycles. The average Bonchev–Trinajstić information content (AvgIpc) is 2.82. The third kappa shape index (κ3) is 3.63. The summed E-state index contributed by atoms with van der Waals surface area (Å²) < 4.78 is 19.4. The summed E-state index contributed by atoms with van der Waals surface area (Å²) in [6.45, 7) is 3.96. The summed E-state index contributed by atoms with van der Waals surface area (Å²) in [6.07, 6.45) is 0. The number of hydrogen-bond donors (Lipinski definition) is 1.